The molecule has 242 valence electrons. The van der Waals surface area contributed by atoms with E-state index >= 15 is 0 Å². The number of benzene rings is 2. The highest BCUT2D eigenvalue weighted by atomic mass is 16.2. The lowest BCUT2D eigenvalue weighted by atomic mass is 10.0. The predicted octanol–water partition coefficient (Wildman–Crippen LogP) is 2.51. The number of aryl methyl sites for hydroxylation is 2. The molecule has 12 nitrogen and oxygen atoms in total. The molecule has 4 aromatic rings. The number of H-pyrrole nitrogens is 1. The van der Waals surface area contributed by atoms with Crippen LogP contribution in [0.15, 0.2) is 54.6 Å². The number of amides is 4. The Balaban J connectivity index is 1.51. The normalized spacial score (nSPS) is 20.0. The minimum atomic E-state index is -0.843. The van der Waals surface area contributed by atoms with Gasteiger partial charge < -0.3 is 25.8 Å². The number of rotatable bonds is 5. The van der Waals surface area contributed by atoms with Gasteiger partial charge in [-0.2, -0.15) is 5.10 Å². The fourth-order valence-corrected chi connectivity index (χ4v) is 5.85. The number of fused-ring (bicyclic) bond motifs is 2. The molecule has 4 amide bonds. The molecule has 0 saturated carbocycles. The Bertz CT molecular complexity index is 1730. The second-order valence-corrected chi connectivity index (χ2v) is 12.4. The summed E-state index contributed by atoms with van der Waals surface area (Å²) in [5.41, 5.74) is 3.63. The van der Waals surface area contributed by atoms with Crippen LogP contribution in [0.3, 0.4) is 0 Å². The molecule has 0 bridgehead atoms. The Morgan fingerprint density at radius 3 is 2.37 bits per heavy atom. The third-order valence-corrected chi connectivity index (χ3v) is 8.39. The van der Waals surface area contributed by atoms with Crippen molar-refractivity contribution < 1.29 is 19.2 Å². The van der Waals surface area contributed by atoms with Crippen molar-refractivity contribution in [1.82, 2.24) is 40.6 Å². The van der Waals surface area contributed by atoms with E-state index in [0.29, 0.717) is 18.1 Å². The smallest absolute Gasteiger partial charge is 0.242 e. The Morgan fingerprint density at radius 1 is 0.935 bits per heavy atom. The molecule has 1 aliphatic rings. The van der Waals surface area contributed by atoms with Crippen LogP contribution in [0.5, 0.6) is 0 Å². The van der Waals surface area contributed by atoms with Crippen LogP contribution < -0.4 is 16.0 Å². The van der Waals surface area contributed by atoms with Crippen molar-refractivity contribution in [3.05, 3.63) is 83.1 Å². The summed E-state index contributed by atoms with van der Waals surface area (Å²) in [6.07, 6.45) is 0.467. The van der Waals surface area contributed by atoms with Gasteiger partial charge in [0, 0.05) is 29.2 Å². The maximum Gasteiger partial charge on any atom is 0.242 e. The average molecular weight is 627 g/mol. The summed E-state index contributed by atoms with van der Waals surface area (Å²) in [5.74, 6) is -0.662. The first-order valence-corrected chi connectivity index (χ1v) is 15.7. The number of carbonyl (C=O) groups excluding carboxylic acids is 4. The van der Waals surface area contributed by atoms with Crippen LogP contribution in [-0.2, 0) is 38.6 Å². The fraction of sp³-hybridized carbons (Fsp3) is 0.412. The van der Waals surface area contributed by atoms with Crippen LogP contribution in [0, 0.1) is 19.8 Å². The highest BCUT2D eigenvalue weighted by molar-refractivity contribution is 5.92. The van der Waals surface area contributed by atoms with Gasteiger partial charge in [-0.1, -0.05) is 62.4 Å². The predicted molar refractivity (Wildman–Crippen MR) is 173 cm³/mol. The summed E-state index contributed by atoms with van der Waals surface area (Å²) in [5, 5.41) is 14.2. The van der Waals surface area contributed by atoms with Gasteiger partial charge in [-0.3, -0.25) is 19.2 Å². The van der Waals surface area contributed by atoms with Gasteiger partial charge in [0.25, 0.3) is 0 Å². The molecule has 5 rings (SSSR count). The van der Waals surface area contributed by atoms with Crippen molar-refractivity contribution in [3.63, 3.8) is 0 Å². The molecular formula is C34H42N8O4. The molecule has 1 aliphatic heterocycles. The minimum Gasteiger partial charge on any atom is -0.358 e. The van der Waals surface area contributed by atoms with Crippen molar-refractivity contribution in [2.45, 2.75) is 72.1 Å². The van der Waals surface area contributed by atoms with E-state index in [1.807, 2.05) is 75.4 Å². The number of hydrogen-bond acceptors (Lipinski definition) is 6. The van der Waals surface area contributed by atoms with E-state index in [2.05, 4.69) is 31.0 Å². The quantitative estimate of drug-likeness (QED) is 0.267. The SMILES string of the molecule is Cc1nc2n(n1)CC(=O)N[C@H](C)C(=O)N[C@@H](C(C)C)CN(C(=O)Cc1c(C)[nH]c3ccccc13)CC(=O)N[C@H]2Cc1ccccc1. The molecule has 46 heavy (non-hydrogen) atoms. The maximum absolute atomic E-state index is 14.1. The van der Waals surface area contributed by atoms with Gasteiger partial charge >= 0.3 is 0 Å². The van der Waals surface area contributed by atoms with Crippen molar-refractivity contribution in [2.24, 2.45) is 5.92 Å². The zero-order valence-electron chi connectivity index (χ0n) is 27.0. The summed E-state index contributed by atoms with van der Waals surface area (Å²) in [6, 6.07) is 15.5. The Labute approximate surface area is 268 Å². The molecule has 3 heterocycles. The zero-order valence-corrected chi connectivity index (χ0v) is 27.0. The summed E-state index contributed by atoms with van der Waals surface area (Å²) >= 11 is 0. The van der Waals surface area contributed by atoms with E-state index < -0.39 is 29.9 Å². The summed E-state index contributed by atoms with van der Waals surface area (Å²) < 4.78 is 1.46. The molecular weight excluding hydrogens is 584 g/mol. The van der Waals surface area contributed by atoms with Crippen LogP contribution in [0.1, 0.15) is 55.3 Å². The van der Waals surface area contributed by atoms with Gasteiger partial charge in [-0.15, -0.1) is 0 Å². The molecule has 0 fully saturated rings. The molecule has 0 unspecified atom stereocenters. The Hall–Kier alpha value is -5.00. The highest BCUT2D eigenvalue weighted by Crippen LogP contribution is 2.23. The molecule has 12 heteroatoms. The summed E-state index contributed by atoms with van der Waals surface area (Å²) in [7, 11) is 0. The van der Waals surface area contributed by atoms with Crippen LogP contribution in [0.25, 0.3) is 10.9 Å². The van der Waals surface area contributed by atoms with Crippen LogP contribution in [0.2, 0.25) is 0 Å². The molecule has 0 aliphatic carbocycles. The van der Waals surface area contributed by atoms with Gasteiger partial charge in [-0.05, 0) is 50.3 Å². The van der Waals surface area contributed by atoms with Gasteiger partial charge in [0.05, 0.1) is 19.0 Å². The molecule has 3 atom stereocenters. The van der Waals surface area contributed by atoms with Gasteiger partial charge in [0.2, 0.25) is 23.6 Å². The first-order valence-electron chi connectivity index (χ1n) is 15.7. The van der Waals surface area contributed by atoms with Crippen molar-refractivity contribution >= 4 is 34.5 Å². The molecule has 2 aromatic heterocycles. The molecule has 0 spiro atoms. The third kappa shape index (κ3) is 7.61. The van der Waals surface area contributed by atoms with Gasteiger partial charge in [0.15, 0.2) is 5.82 Å². The van der Waals surface area contributed by atoms with E-state index in [1.54, 1.807) is 13.8 Å². The van der Waals surface area contributed by atoms with E-state index in [9.17, 15) is 19.2 Å². The largest absolute Gasteiger partial charge is 0.358 e. The average Bonchev–Trinajstić information content (AvgIpc) is 3.53. The number of carbonyl (C=O) groups is 4. The number of aromatic amines is 1. The maximum atomic E-state index is 14.1. The standard InChI is InChI=1S/C34H42N8O4/c1-20(2)29-17-41(32(45)16-26-21(3)35-27-14-10-9-13-25(26)27)18-30(43)38-28(15-24-11-7-6-8-12-24)33-37-23(5)40-42(33)19-31(44)36-22(4)34(46)39-29/h6-14,20,22,28-29,35H,15-19H2,1-5H3,(H,36,44)(H,38,43)(H,39,46)/t22-,28+,29-/m1/s1. The minimum absolute atomic E-state index is 0.0707. The van der Waals surface area contributed by atoms with E-state index in [-0.39, 0.29) is 43.8 Å². The molecule has 2 aromatic carbocycles. The number of nitrogens with zero attached hydrogens (tertiary/aromatic N) is 4. The van der Waals surface area contributed by atoms with Gasteiger partial charge in [0.1, 0.15) is 18.4 Å². The fourth-order valence-electron chi connectivity index (χ4n) is 5.85. The lowest BCUT2D eigenvalue weighted by molar-refractivity contribution is -0.136. The summed E-state index contributed by atoms with van der Waals surface area (Å²) in [4.78, 5) is 63.7. The second-order valence-electron chi connectivity index (χ2n) is 12.4. The number of hydrogen-bond donors (Lipinski definition) is 4. The van der Waals surface area contributed by atoms with Gasteiger partial charge in [-0.25, -0.2) is 9.67 Å². The third-order valence-electron chi connectivity index (χ3n) is 8.39. The lowest BCUT2D eigenvalue weighted by Gasteiger charge is -2.31. The first kappa shape index (κ1) is 32.4. The Kier molecular flexibility index (Phi) is 9.84. The topological polar surface area (TPSA) is 154 Å². The second kappa shape index (κ2) is 14.0. The van der Waals surface area contributed by atoms with E-state index in [1.165, 1.54) is 9.58 Å². The number of para-hydroxylation sites is 1. The molecule has 0 saturated heterocycles. The number of nitrogens with one attached hydrogen (secondary N) is 4. The zero-order chi connectivity index (χ0) is 33.0. The van der Waals surface area contributed by atoms with Crippen molar-refractivity contribution in [1.29, 1.82) is 0 Å². The van der Waals surface area contributed by atoms with E-state index in [0.717, 1.165) is 27.7 Å². The van der Waals surface area contributed by atoms with E-state index in [4.69, 9.17) is 0 Å². The van der Waals surface area contributed by atoms with Crippen LogP contribution >= 0.6 is 0 Å². The first-order chi connectivity index (χ1) is 22.0. The van der Waals surface area contributed by atoms with Crippen molar-refractivity contribution in [2.75, 3.05) is 13.1 Å². The summed E-state index contributed by atoms with van der Waals surface area (Å²) in [6.45, 7) is 8.84. The highest BCUT2D eigenvalue weighted by Gasteiger charge is 2.30. The van der Waals surface area contributed by atoms with Crippen LogP contribution in [-0.4, -0.2) is 73.5 Å². The van der Waals surface area contributed by atoms with Crippen LogP contribution in [0.4, 0.5) is 0 Å². The lowest BCUT2D eigenvalue weighted by Crippen LogP contribution is -2.54. The number of aromatic nitrogens is 4. The molecule has 4 N–H and O–H groups in total. The Morgan fingerprint density at radius 2 is 1.63 bits per heavy atom. The monoisotopic (exact) mass is 626 g/mol. The molecule has 0 radical (unpaired) electrons. The van der Waals surface area contributed by atoms with Crippen molar-refractivity contribution in [3.8, 4) is 0 Å².